The predicted octanol–water partition coefficient (Wildman–Crippen LogP) is 2.29. The fraction of sp³-hybridized carbons (Fsp3) is 1.00. The average molecular weight is 164 g/mol. The first-order chi connectivity index (χ1) is 3.39. The second-order valence-electron chi connectivity index (χ2n) is 2.25. The van der Waals surface area contributed by atoms with Crippen molar-refractivity contribution in [2.45, 2.75) is 35.7 Å². The van der Waals surface area contributed by atoms with E-state index in [1.54, 1.807) is 23.5 Å². The Morgan fingerprint density at radius 3 is 1.86 bits per heavy atom. The summed E-state index contributed by atoms with van der Waals surface area (Å²) in [6.07, 6.45) is 4.61. The molecule has 0 aromatic carbocycles. The quantitative estimate of drug-likeness (QED) is 0.482. The minimum atomic E-state index is 0.0185. The molecule has 0 aliphatic carbocycles. The molecule has 0 atom stereocenters. The van der Waals surface area contributed by atoms with Crippen LogP contribution in [0, 0.1) is 0 Å². The van der Waals surface area contributed by atoms with E-state index in [2.05, 4.69) is 5.82 Å². The van der Waals surface area contributed by atoms with Crippen molar-refractivity contribution in [1.29, 1.82) is 0 Å². The predicted molar refractivity (Wildman–Crippen MR) is 35.1 cm³/mol. The van der Waals surface area contributed by atoms with Crippen LogP contribution < -0.4 is 0 Å². The molecule has 0 radical (unpaired) electrons. The minimum absolute atomic E-state index is 0.0185. The molecule has 0 aromatic rings. The first kappa shape index (κ1) is 5.65. The average Bonchev–Trinajstić information content (AvgIpc) is 1.69. The Bertz CT molecular complexity index is 46.1. The van der Waals surface area contributed by atoms with E-state index in [0.29, 0.717) is 0 Å². The van der Waals surface area contributed by atoms with Crippen molar-refractivity contribution in [1.82, 2.24) is 0 Å². The number of hydrogen-bond donors (Lipinski definition) is 0. The van der Waals surface area contributed by atoms with Crippen LogP contribution in [0.2, 0.25) is 16.5 Å². The zero-order valence-electron chi connectivity index (χ0n) is 4.94. The van der Waals surface area contributed by atoms with Gasteiger partial charge in [0.2, 0.25) is 0 Å². The molecule has 1 fully saturated rings. The molecule has 0 aromatic heterocycles. The van der Waals surface area contributed by atoms with Gasteiger partial charge in [-0.25, -0.2) is 0 Å². The molecule has 0 bridgehead atoms. The van der Waals surface area contributed by atoms with Gasteiger partial charge in [0, 0.05) is 0 Å². The van der Waals surface area contributed by atoms with Crippen LogP contribution in [0.3, 0.4) is 0 Å². The van der Waals surface area contributed by atoms with Crippen molar-refractivity contribution >= 4 is 13.9 Å². The van der Waals surface area contributed by atoms with E-state index in [-0.39, 0.29) is 13.9 Å². The molecule has 0 unspecified atom stereocenters. The van der Waals surface area contributed by atoms with Gasteiger partial charge in [0.25, 0.3) is 0 Å². The fourth-order valence-electron chi connectivity index (χ4n) is 0.976. The Balaban J connectivity index is 2.12. The van der Waals surface area contributed by atoms with Gasteiger partial charge in [-0.3, -0.25) is 0 Å². The summed E-state index contributed by atoms with van der Waals surface area (Å²) in [7, 11) is 0. The summed E-state index contributed by atoms with van der Waals surface area (Å²) in [5.41, 5.74) is 0. The molecule has 7 heavy (non-hydrogen) atoms. The van der Waals surface area contributed by atoms with Gasteiger partial charge in [0.05, 0.1) is 0 Å². The number of hydrogen-bond acceptors (Lipinski definition) is 0. The van der Waals surface area contributed by atoms with E-state index in [4.69, 9.17) is 0 Å². The summed E-state index contributed by atoms with van der Waals surface area (Å²) < 4.78 is 0. The van der Waals surface area contributed by atoms with Crippen LogP contribution in [-0.4, -0.2) is 13.9 Å². The Morgan fingerprint density at radius 1 is 1.00 bits per heavy atom. The van der Waals surface area contributed by atoms with Crippen LogP contribution in [0.15, 0.2) is 0 Å². The van der Waals surface area contributed by atoms with Crippen LogP contribution in [0.1, 0.15) is 19.3 Å². The molecule has 1 heteroatoms. The molecule has 42 valence electrons. The monoisotopic (exact) mass is 165 g/mol. The van der Waals surface area contributed by atoms with Gasteiger partial charge in [0.15, 0.2) is 0 Å². The van der Waals surface area contributed by atoms with Crippen molar-refractivity contribution < 1.29 is 0 Å². The Hall–Kier alpha value is 0.519. The van der Waals surface area contributed by atoms with E-state index in [9.17, 15) is 0 Å². The Labute approximate surface area is 50.2 Å². The van der Waals surface area contributed by atoms with E-state index in [1.165, 1.54) is 6.42 Å². The maximum atomic E-state index is 2.49. The Morgan fingerprint density at radius 2 is 1.57 bits per heavy atom. The maximum absolute atomic E-state index is 2.49. The molecular weight excluding hydrogens is 151 g/mol. The zero-order chi connectivity index (χ0) is 5.11. The first-order valence-electron chi connectivity index (χ1n) is 2.99. The van der Waals surface area contributed by atoms with Gasteiger partial charge in [-0.1, -0.05) is 0 Å². The summed E-state index contributed by atoms with van der Waals surface area (Å²) in [4.78, 5) is 0. The molecule has 1 aliphatic heterocycles. The third kappa shape index (κ3) is 1.83. The molecular formula is C6H13Se+. The summed E-state index contributed by atoms with van der Waals surface area (Å²) in [6.45, 7) is 0. The second kappa shape index (κ2) is 2.74. The van der Waals surface area contributed by atoms with Crippen LogP contribution in [0.5, 0.6) is 0 Å². The van der Waals surface area contributed by atoms with E-state index >= 15 is 0 Å². The van der Waals surface area contributed by atoms with Crippen molar-refractivity contribution in [3.05, 3.63) is 0 Å². The molecule has 0 N–H and O–H groups in total. The van der Waals surface area contributed by atoms with Gasteiger partial charge in [0.1, 0.15) is 0 Å². The standard InChI is InChI=1S/C6H13Se/c1-7-5-3-2-4-6-7/h2-6H2,1H3/q+1. The molecule has 0 nitrogen and oxygen atoms in total. The van der Waals surface area contributed by atoms with Gasteiger partial charge in [-0.2, -0.15) is 0 Å². The van der Waals surface area contributed by atoms with E-state index < -0.39 is 0 Å². The topological polar surface area (TPSA) is 0 Å². The van der Waals surface area contributed by atoms with Crippen LogP contribution in [0.25, 0.3) is 0 Å². The summed E-state index contributed by atoms with van der Waals surface area (Å²) in [6, 6.07) is 0. The summed E-state index contributed by atoms with van der Waals surface area (Å²) in [5, 5.41) is 3.22. The molecule has 1 heterocycles. The van der Waals surface area contributed by atoms with Crippen molar-refractivity contribution in [3.8, 4) is 0 Å². The van der Waals surface area contributed by atoms with Gasteiger partial charge >= 0.3 is 49.6 Å². The van der Waals surface area contributed by atoms with E-state index in [0.717, 1.165) is 0 Å². The SMILES string of the molecule is C[Se+]1CCCCC1. The molecule has 1 rings (SSSR count). The summed E-state index contributed by atoms with van der Waals surface area (Å²) >= 11 is 0.0185. The zero-order valence-corrected chi connectivity index (χ0v) is 6.66. The van der Waals surface area contributed by atoms with Crippen LogP contribution in [-0.2, 0) is 0 Å². The first-order valence-corrected chi connectivity index (χ1v) is 7.12. The fourth-order valence-corrected chi connectivity index (χ4v) is 4.33. The van der Waals surface area contributed by atoms with Crippen molar-refractivity contribution in [2.24, 2.45) is 0 Å². The van der Waals surface area contributed by atoms with Gasteiger partial charge in [-0.05, 0) is 0 Å². The molecule has 1 saturated heterocycles. The molecule has 1 aliphatic rings. The van der Waals surface area contributed by atoms with Crippen LogP contribution in [0.4, 0.5) is 0 Å². The van der Waals surface area contributed by atoms with Crippen molar-refractivity contribution in [2.75, 3.05) is 0 Å². The van der Waals surface area contributed by atoms with Crippen LogP contribution >= 0.6 is 0 Å². The molecule has 0 saturated carbocycles. The van der Waals surface area contributed by atoms with Gasteiger partial charge in [-0.15, -0.1) is 0 Å². The number of rotatable bonds is 0. The molecule has 0 amide bonds. The Kier molecular flexibility index (Phi) is 2.21. The third-order valence-corrected chi connectivity index (χ3v) is 5.62. The van der Waals surface area contributed by atoms with Crippen molar-refractivity contribution in [3.63, 3.8) is 0 Å². The summed E-state index contributed by atoms with van der Waals surface area (Å²) in [5.74, 6) is 2.49. The molecule has 0 spiro atoms. The second-order valence-corrected chi connectivity index (χ2v) is 7.24. The third-order valence-electron chi connectivity index (χ3n) is 1.49. The van der Waals surface area contributed by atoms with Gasteiger partial charge < -0.3 is 0 Å². The van der Waals surface area contributed by atoms with E-state index in [1.807, 2.05) is 0 Å². The normalized spacial score (nSPS) is 25.3.